The van der Waals surface area contributed by atoms with Gasteiger partial charge in [0.05, 0.1) is 27.6 Å². The Morgan fingerprint density at radius 1 is 1.15 bits per heavy atom. The second-order valence-corrected chi connectivity index (χ2v) is 10.0. The number of nitrogens with zero attached hydrogens (tertiary/aromatic N) is 2. The summed E-state index contributed by atoms with van der Waals surface area (Å²) in [4.78, 5) is 29.4. The summed E-state index contributed by atoms with van der Waals surface area (Å²) >= 11 is 1.41. The van der Waals surface area contributed by atoms with Crippen molar-refractivity contribution in [3.8, 4) is 23.0 Å². The van der Waals surface area contributed by atoms with E-state index in [4.69, 9.17) is 5.73 Å². The van der Waals surface area contributed by atoms with E-state index in [0.29, 0.717) is 53.6 Å². The number of hydrogen-bond donors (Lipinski definition) is 4. The standard InChI is InChI=1S/C28H21F4N5O3S/c29-21-10-6-17(28(30,31)32)12-22(21)36-26(38)35-18-7-3-15(4-8-18)20-14-41-24-16(13-34-25(33)23(20)24)5-9-19-2-1-11-37(19)27(39)40/h3-4,6-8,10,12-14,19H,1-2,11H2,(H2,33,34)(H,39,40)(H2,35,36,38)/t19-/m0/s1. The number of benzene rings is 2. The van der Waals surface area contributed by atoms with Crippen LogP contribution in [0.2, 0.25) is 0 Å². The lowest BCUT2D eigenvalue weighted by Crippen LogP contribution is -2.33. The van der Waals surface area contributed by atoms with Crippen molar-refractivity contribution in [2.75, 3.05) is 22.9 Å². The fraction of sp³-hybridized carbons (Fsp3) is 0.179. The van der Waals surface area contributed by atoms with E-state index in [0.717, 1.165) is 22.2 Å². The molecule has 0 spiro atoms. The van der Waals surface area contributed by atoms with E-state index in [-0.39, 0.29) is 6.04 Å². The number of aromatic nitrogens is 1. The Morgan fingerprint density at radius 2 is 1.90 bits per heavy atom. The number of amides is 3. The summed E-state index contributed by atoms with van der Waals surface area (Å²) < 4.78 is 53.6. The molecule has 0 saturated carbocycles. The van der Waals surface area contributed by atoms with Crippen LogP contribution in [0.5, 0.6) is 0 Å². The highest BCUT2D eigenvalue weighted by atomic mass is 32.1. The Kier molecular flexibility index (Phi) is 7.42. The number of carbonyl (C=O) groups is 2. The molecular formula is C28H21F4N5O3S. The molecule has 41 heavy (non-hydrogen) atoms. The normalized spacial score (nSPS) is 14.9. The van der Waals surface area contributed by atoms with Crippen molar-refractivity contribution in [3.63, 3.8) is 0 Å². The highest BCUT2D eigenvalue weighted by Gasteiger charge is 2.31. The molecule has 3 amide bonds. The van der Waals surface area contributed by atoms with E-state index < -0.39 is 35.4 Å². The maximum atomic E-state index is 14.0. The molecular weight excluding hydrogens is 562 g/mol. The minimum Gasteiger partial charge on any atom is -0.465 e. The number of pyridine rings is 1. The van der Waals surface area contributed by atoms with E-state index in [2.05, 4.69) is 27.5 Å². The quantitative estimate of drug-likeness (QED) is 0.155. The zero-order valence-electron chi connectivity index (χ0n) is 21.1. The van der Waals surface area contributed by atoms with Crippen molar-refractivity contribution in [1.82, 2.24) is 9.88 Å². The molecule has 13 heteroatoms. The minimum absolute atomic E-state index is 0.291. The summed E-state index contributed by atoms with van der Waals surface area (Å²) in [5.74, 6) is 5.39. The van der Waals surface area contributed by atoms with Crippen LogP contribution in [0.25, 0.3) is 21.2 Å². The fourth-order valence-corrected chi connectivity index (χ4v) is 5.54. The molecule has 3 heterocycles. The van der Waals surface area contributed by atoms with E-state index in [9.17, 15) is 32.3 Å². The monoisotopic (exact) mass is 583 g/mol. The van der Waals surface area contributed by atoms with Crippen LogP contribution in [0.15, 0.2) is 54.0 Å². The third-order valence-electron chi connectivity index (χ3n) is 6.49. The Morgan fingerprint density at radius 3 is 2.61 bits per heavy atom. The SMILES string of the molecule is Nc1ncc(C#C[C@@H]2CCCN2C(=O)O)c2scc(-c3ccc(NC(=O)Nc4cc(C(F)(F)F)ccc4F)cc3)c12. The second kappa shape index (κ2) is 11.0. The zero-order chi connectivity index (χ0) is 29.3. The topological polar surface area (TPSA) is 121 Å². The smallest absolute Gasteiger partial charge is 0.416 e. The number of nitrogens with one attached hydrogen (secondary N) is 2. The van der Waals surface area contributed by atoms with Gasteiger partial charge in [0.1, 0.15) is 11.6 Å². The average molecular weight is 584 g/mol. The highest BCUT2D eigenvalue weighted by molar-refractivity contribution is 7.18. The van der Waals surface area contributed by atoms with Crippen LogP contribution in [0.1, 0.15) is 24.0 Å². The van der Waals surface area contributed by atoms with E-state index in [1.54, 1.807) is 30.5 Å². The molecule has 1 atom stereocenters. The van der Waals surface area contributed by atoms with Gasteiger partial charge >= 0.3 is 18.3 Å². The first-order valence-corrected chi connectivity index (χ1v) is 13.1. The van der Waals surface area contributed by atoms with Crippen molar-refractivity contribution in [3.05, 3.63) is 71.0 Å². The number of carbonyl (C=O) groups excluding carboxylic acids is 1. The van der Waals surface area contributed by atoms with Crippen molar-refractivity contribution >= 4 is 50.7 Å². The third kappa shape index (κ3) is 5.87. The number of urea groups is 1. The average Bonchev–Trinajstić information content (AvgIpc) is 3.58. The van der Waals surface area contributed by atoms with Gasteiger partial charge in [0.25, 0.3) is 0 Å². The molecule has 1 saturated heterocycles. The van der Waals surface area contributed by atoms with Crippen LogP contribution in [0.4, 0.5) is 44.3 Å². The van der Waals surface area contributed by atoms with Gasteiger partial charge in [-0.05, 0) is 54.1 Å². The molecule has 5 N–H and O–H groups in total. The number of fused-ring (bicyclic) bond motifs is 1. The van der Waals surface area contributed by atoms with Crippen molar-refractivity contribution in [2.24, 2.45) is 0 Å². The van der Waals surface area contributed by atoms with Gasteiger partial charge in [-0.3, -0.25) is 4.90 Å². The van der Waals surface area contributed by atoms with Gasteiger partial charge in [-0.15, -0.1) is 11.3 Å². The molecule has 8 nitrogen and oxygen atoms in total. The summed E-state index contributed by atoms with van der Waals surface area (Å²) in [5.41, 5.74) is 6.96. The largest absolute Gasteiger partial charge is 0.465 e. The van der Waals surface area contributed by atoms with Crippen LogP contribution < -0.4 is 16.4 Å². The molecule has 4 aromatic rings. The van der Waals surface area contributed by atoms with Crippen LogP contribution in [0, 0.1) is 17.7 Å². The number of alkyl halides is 3. The number of hydrogen-bond acceptors (Lipinski definition) is 5. The van der Waals surface area contributed by atoms with Crippen molar-refractivity contribution in [2.45, 2.75) is 25.1 Å². The minimum atomic E-state index is -4.69. The predicted octanol–water partition coefficient (Wildman–Crippen LogP) is 6.84. The molecule has 1 fully saturated rings. The maximum absolute atomic E-state index is 14.0. The maximum Gasteiger partial charge on any atom is 0.416 e. The molecule has 2 aromatic heterocycles. The molecule has 1 aliphatic rings. The van der Waals surface area contributed by atoms with E-state index in [1.807, 2.05) is 5.38 Å². The Bertz CT molecular complexity index is 1710. The van der Waals surface area contributed by atoms with Crippen LogP contribution >= 0.6 is 11.3 Å². The predicted molar refractivity (Wildman–Crippen MR) is 148 cm³/mol. The first-order valence-electron chi connectivity index (χ1n) is 12.2. The number of carboxylic acid groups (broad SMARTS) is 1. The van der Waals surface area contributed by atoms with Gasteiger partial charge in [-0.25, -0.2) is 19.0 Å². The Balaban J connectivity index is 1.34. The fourth-order valence-electron chi connectivity index (χ4n) is 4.49. The summed E-state index contributed by atoms with van der Waals surface area (Å²) in [6.07, 6.45) is -2.72. The lowest BCUT2D eigenvalue weighted by atomic mass is 10.0. The summed E-state index contributed by atoms with van der Waals surface area (Å²) in [5, 5.41) is 16.5. The molecule has 0 bridgehead atoms. The number of halogens is 4. The molecule has 2 aromatic carbocycles. The van der Waals surface area contributed by atoms with Gasteiger partial charge in [0, 0.05) is 29.4 Å². The van der Waals surface area contributed by atoms with Gasteiger partial charge in [0.2, 0.25) is 0 Å². The van der Waals surface area contributed by atoms with Crippen molar-refractivity contribution < 1.29 is 32.3 Å². The Labute approximate surface area is 234 Å². The summed E-state index contributed by atoms with van der Waals surface area (Å²) in [6, 6.07) is 7.02. The van der Waals surface area contributed by atoms with Crippen LogP contribution in [0.3, 0.4) is 0 Å². The molecule has 210 valence electrons. The zero-order valence-corrected chi connectivity index (χ0v) is 21.9. The number of nitrogens with two attached hydrogens (primary N) is 1. The first kappa shape index (κ1) is 27.7. The van der Waals surface area contributed by atoms with Gasteiger partial charge in [-0.2, -0.15) is 13.2 Å². The number of anilines is 3. The molecule has 0 unspecified atom stereocenters. The Hall–Kier alpha value is -4.83. The third-order valence-corrected chi connectivity index (χ3v) is 7.51. The lowest BCUT2D eigenvalue weighted by Gasteiger charge is -2.15. The number of likely N-dealkylation sites (tertiary alicyclic amines) is 1. The lowest BCUT2D eigenvalue weighted by molar-refractivity contribution is -0.137. The summed E-state index contributed by atoms with van der Waals surface area (Å²) in [7, 11) is 0. The summed E-state index contributed by atoms with van der Waals surface area (Å²) in [6.45, 7) is 0.446. The van der Waals surface area contributed by atoms with Gasteiger partial charge < -0.3 is 21.5 Å². The highest BCUT2D eigenvalue weighted by Crippen LogP contribution is 2.39. The van der Waals surface area contributed by atoms with Crippen molar-refractivity contribution in [1.29, 1.82) is 0 Å². The second-order valence-electron chi connectivity index (χ2n) is 9.16. The van der Waals surface area contributed by atoms with Crippen LogP contribution in [-0.2, 0) is 6.18 Å². The molecule has 5 rings (SSSR count). The van der Waals surface area contributed by atoms with Gasteiger partial charge in [0.15, 0.2) is 0 Å². The number of thiophene rings is 1. The molecule has 0 aliphatic carbocycles. The van der Waals surface area contributed by atoms with Crippen LogP contribution in [-0.4, -0.2) is 39.7 Å². The molecule has 0 radical (unpaired) electrons. The number of nitrogen functional groups attached to an aromatic ring is 1. The molecule has 1 aliphatic heterocycles. The number of rotatable bonds is 3. The first-order chi connectivity index (χ1) is 19.5. The van der Waals surface area contributed by atoms with Gasteiger partial charge in [-0.1, -0.05) is 24.0 Å². The van der Waals surface area contributed by atoms with E-state index in [1.165, 1.54) is 16.2 Å². The van der Waals surface area contributed by atoms with E-state index >= 15 is 0 Å².